The highest BCUT2D eigenvalue weighted by molar-refractivity contribution is 14.0. The van der Waals surface area contributed by atoms with Gasteiger partial charge in [-0.1, -0.05) is 36.8 Å². The minimum absolute atomic E-state index is 0. The van der Waals surface area contributed by atoms with Gasteiger partial charge in [0.1, 0.15) is 0 Å². The molecule has 1 aromatic rings. The maximum absolute atomic E-state index is 4.99. The van der Waals surface area contributed by atoms with Crippen molar-refractivity contribution in [3.63, 3.8) is 0 Å². The number of benzene rings is 1. The van der Waals surface area contributed by atoms with Crippen LogP contribution in [0, 0.1) is 0 Å². The highest BCUT2D eigenvalue weighted by Gasteiger charge is 1.96. The lowest BCUT2D eigenvalue weighted by Crippen LogP contribution is -2.39. The molecule has 0 amide bonds. The van der Waals surface area contributed by atoms with Crippen LogP contribution in [0.2, 0.25) is 0 Å². The third kappa shape index (κ3) is 10.5. The van der Waals surface area contributed by atoms with Gasteiger partial charge in [0.15, 0.2) is 5.96 Å². The van der Waals surface area contributed by atoms with E-state index >= 15 is 0 Å². The summed E-state index contributed by atoms with van der Waals surface area (Å²) in [6.07, 6.45) is 4.80. The van der Waals surface area contributed by atoms with Gasteiger partial charge in [0.25, 0.3) is 0 Å². The monoisotopic (exact) mass is 405 g/mol. The van der Waals surface area contributed by atoms with Crippen LogP contribution in [0.3, 0.4) is 0 Å². The molecule has 0 unspecified atom stereocenters. The van der Waals surface area contributed by atoms with E-state index in [0.717, 1.165) is 25.5 Å². The van der Waals surface area contributed by atoms with E-state index in [1.807, 2.05) is 0 Å². The SMILES string of the molecule is CN=C(NCCCCCc1ccccc1)NCCOC.I. The van der Waals surface area contributed by atoms with Crippen molar-refractivity contribution in [2.75, 3.05) is 33.9 Å². The molecule has 0 heterocycles. The first-order valence-electron chi connectivity index (χ1n) is 7.34. The molecule has 21 heavy (non-hydrogen) atoms. The van der Waals surface area contributed by atoms with E-state index in [9.17, 15) is 0 Å². The molecule has 0 aliphatic carbocycles. The van der Waals surface area contributed by atoms with Crippen molar-refractivity contribution in [3.8, 4) is 0 Å². The molecule has 5 heteroatoms. The Labute approximate surface area is 145 Å². The first-order valence-corrected chi connectivity index (χ1v) is 7.34. The second-order valence-electron chi connectivity index (χ2n) is 4.71. The lowest BCUT2D eigenvalue weighted by Gasteiger charge is -2.11. The maximum Gasteiger partial charge on any atom is 0.191 e. The highest BCUT2D eigenvalue weighted by atomic mass is 127. The summed E-state index contributed by atoms with van der Waals surface area (Å²) < 4.78 is 4.99. The molecule has 0 fully saturated rings. The Hall–Kier alpha value is -0.820. The molecule has 0 spiro atoms. The van der Waals surface area contributed by atoms with Gasteiger partial charge in [-0.3, -0.25) is 4.99 Å². The van der Waals surface area contributed by atoms with E-state index in [1.54, 1.807) is 14.2 Å². The predicted octanol–water partition coefficient (Wildman–Crippen LogP) is 2.83. The average molecular weight is 405 g/mol. The molecule has 4 nitrogen and oxygen atoms in total. The van der Waals surface area contributed by atoms with Crippen molar-refractivity contribution in [2.24, 2.45) is 4.99 Å². The molecule has 0 atom stereocenters. The summed E-state index contributed by atoms with van der Waals surface area (Å²) in [6.45, 7) is 2.43. The van der Waals surface area contributed by atoms with Crippen molar-refractivity contribution >= 4 is 29.9 Å². The van der Waals surface area contributed by atoms with Crippen LogP contribution in [0.25, 0.3) is 0 Å². The molecular weight excluding hydrogens is 377 g/mol. The summed E-state index contributed by atoms with van der Waals surface area (Å²) in [5.41, 5.74) is 1.43. The molecule has 0 saturated heterocycles. The zero-order chi connectivity index (χ0) is 14.5. The molecule has 1 rings (SSSR count). The topological polar surface area (TPSA) is 45.7 Å². The van der Waals surface area contributed by atoms with Gasteiger partial charge in [-0.25, -0.2) is 0 Å². The zero-order valence-corrected chi connectivity index (χ0v) is 15.4. The molecular formula is C16H28IN3O. The summed E-state index contributed by atoms with van der Waals surface area (Å²) in [5.74, 6) is 0.852. The van der Waals surface area contributed by atoms with Gasteiger partial charge in [-0.05, 0) is 24.8 Å². The lowest BCUT2D eigenvalue weighted by atomic mass is 10.1. The number of aryl methyl sites for hydroxylation is 1. The van der Waals surface area contributed by atoms with Crippen LogP contribution < -0.4 is 10.6 Å². The minimum atomic E-state index is 0. The Kier molecular flexibility index (Phi) is 13.6. The predicted molar refractivity (Wildman–Crippen MR) is 101 cm³/mol. The van der Waals surface area contributed by atoms with Crippen molar-refractivity contribution < 1.29 is 4.74 Å². The molecule has 0 aliphatic rings. The molecule has 0 radical (unpaired) electrons. The lowest BCUT2D eigenvalue weighted by molar-refractivity contribution is 0.203. The van der Waals surface area contributed by atoms with Gasteiger partial charge < -0.3 is 15.4 Å². The van der Waals surface area contributed by atoms with Gasteiger partial charge in [-0.15, -0.1) is 24.0 Å². The number of hydrogen-bond donors (Lipinski definition) is 2. The number of nitrogens with zero attached hydrogens (tertiary/aromatic N) is 1. The second-order valence-corrected chi connectivity index (χ2v) is 4.71. The first-order chi connectivity index (χ1) is 9.86. The number of halogens is 1. The number of ether oxygens (including phenoxy) is 1. The largest absolute Gasteiger partial charge is 0.383 e. The van der Waals surface area contributed by atoms with Crippen LogP contribution in [-0.2, 0) is 11.2 Å². The fraction of sp³-hybridized carbons (Fsp3) is 0.562. The van der Waals surface area contributed by atoms with Gasteiger partial charge in [0.2, 0.25) is 0 Å². The fourth-order valence-corrected chi connectivity index (χ4v) is 1.97. The summed E-state index contributed by atoms with van der Waals surface area (Å²) >= 11 is 0. The van der Waals surface area contributed by atoms with Crippen LogP contribution in [0.4, 0.5) is 0 Å². The maximum atomic E-state index is 4.99. The highest BCUT2D eigenvalue weighted by Crippen LogP contribution is 2.05. The van der Waals surface area contributed by atoms with Crippen LogP contribution in [-0.4, -0.2) is 39.8 Å². The number of methoxy groups -OCH3 is 1. The third-order valence-corrected chi connectivity index (χ3v) is 3.10. The van der Waals surface area contributed by atoms with Gasteiger partial charge in [-0.2, -0.15) is 0 Å². The van der Waals surface area contributed by atoms with E-state index in [1.165, 1.54) is 24.8 Å². The standard InChI is InChI=1S/C16H27N3O.HI/c1-17-16(19-13-14-20-2)18-12-8-4-7-11-15-9-5-3-6-10-15;/h3,5-6,9-10H,4,7-8,11-14H2,1-2H3,(H2,17,18,19);1H. The average Bonchev–Trinajstić information content (AvgIpc) is 2.50. The second kappa shape index (κ2) is 14.1. The van der Waals surface area contributed by atoms with Gasteiger partial charge in [0, 0.05) is 27.2 Å². The molecule has 2 N–H and O–H groups in total. The quantitative estimate of drug-likeness (QED) is 0.288. The van der Waals surface area contributed by atoms with Crippen LogP contribution in [0.15, 0.2) is 35.3 Å². The van der Waals surface area contributed by atoms with Crippen molar-refractivity contribution in [3.05, 3.63) is 35.9 Å². The van der Waals surface area contributed by atoms with Crippen molar-refractivity contribution in [2.45, 2.75) is 25.7 Å². The zero-order valence-electron chi connectivity index (χ0n) is 13.1. The van der Waals surface area contributed by atoms with Crippen LogP contribution in [0.5, 0.6) is 0 Å². The summed E-state index contributed by atoms with van der Waals surface area (Å²) in [6, 6.07) is 10.7. The summed E-state index contributed by atoms with van der Waals surface area (Å²) in [7, 11) is 3.49. The fourth-order valence-electron chi connectivity index (χ4n) is 1.97. The minimum Gasteiger partial charge on any atom is -0.383 e. The third-order valence-electron chi connectivity index (χ3n) is 3.10. The van der Waals surface area contributed by atoms with Gasteiger partial charge >= 0.3 is 0 Å². The van der Waals surface area contributed by atoms with Crippen molar-refractivity contribution in [1.82, 2.24) is 10.6 Å². The smallest absolute Gasteiger partial charge is 0.191 e. The Morgan fingerprint density at radius 2 is 1.76 bits per heavy atom. The number of nitrogens with one attached hydrogen (secondary N) is 2. The van der Waals surface area contributed by atoms with Gasteiger partial charge in [0.05, 0.1) is 6.61 Å². The number of aliphatic imine (C=N–C) groups is 1. The van der Waals surface area contributed by atoms with Crippen molar-refractivity contribution in [1.29, 1.82) is 0 Å². The Morgan fingerprint density at radius 1 is 1.05 bits per heavy atom. The summed E-state index contributed by atoms with van der Waals surface area (Å²) in [4.78, 5) is 4.16. The molecule has 0 bridgehead atoms. The normalized spacial score (nSPS) is 10.9. The molecule has 0 aromatic heterocycles. The number of hydrogen-bond acceptors (Lipinski definition) is 2. The molecule has 1 aromatic carbocycles. The Morgan fingerprint density at radius 3 is 2.43 bits per heavy atom. The Balaban J connectivity index is 0.00000400. The Bertz CT molecular complexity index is 371. The molecule has 0 saturated carbocycles. The number of rotatable bonds is 9. The molecule has 0 aliphatic heterocycles. The van der Waals surface area contributed by atoms with E-state index in [4.69, 9.17) is 4.74 Å². The first kappa shape index (κ1) is 20.2. The molecule has 120 valence electrons. The van der Waals surface area contributed by atoms with E-state index in [0.29, 0.717) is 6.61 Å². The number of unbranched alkanes of at least 4 members (excludes halogenated alkanes) is 2. The van der Waals surface area contributed by atoms with Crippen LogP contribution >= 0.6 is 24.0 Å². The summed E-state index contributed by atoms with van der Waals surface area (Å²) in [5, 5.41) is 6.51. The number of guanidine groups is 1. The van der Waals surface area contributed by atoms with Crippen LogP contribution in [0.1, 0.15) is 24.8 Å². The van der Waals surface area contributed by atoms with E-state index in [2.05, 4.69) is 46.0 Å². The van der Waals surface area contributed by atoms with E-state index < -0.39 is 0 Å². The van der Waals surface area contributed by atoms with E-state index in [-0.39, 0.29) is 24.0 Å².